The molecule has 0 radical (unpaired) electrons. The summed E-state index contributed by atoms with van der Waals surface area (Å²) in [7, 11) is -3.27. The van der Waals surface area contributed by atoms with Gasteiger partial charge >= 0.3 is 5.97 Å². The van der Waals surface area contributed by atoms with Crippen molar-refractivity contribution in [3.63, 3.8) is 0 Å². The summed E-state index contributed by atoms with van der Waals surface area (Å²) in [6.45, 7) is 2.62. The quantitative estimate of drug-likeness (QED) is 0.609. The van der Waals surface area contributed by atoms with Crippen LogP contribution < -0.4 is 5.32 Å². The maximum absolute atomic E-state index is 12.6. The molecule has 1 amide bonds. The predicted octanol–water partition coefficient (Wildman–Crippen LogP) is 3.43. The lowest BCUT2D eigenvalue weighted by Gasteiger charge is -2.28. The number of hydrogen-bond donors (Lipinski definition) is 2. The van der Waals surface area contributed by atoms with Gasteiger partial charge in [-0.15, -0.1) is 11.3 Å². The first-order valence-corrected chi connectivity index (χ1v) is 12.4. The van der Waals surface area contributed by atoms with E-state index in [4.69, 9.17) is 5.11 Å². The Bertz CT molecular complexity index is 1000. The van der Waals surface area contributed by atoms with Gasteiger partial charge in [0.2, 0.25) is 15.9 Å². The Morgan fingerprint density at radius 3 is 2.70 bits per heavy atom. The number of amides is 1. The zero-order valence-corrected chi connectivity index (χ0v) is 18.5. The first-order valence-electron chi connectivity index (χ1n) is 9.93. The molecule has 1 aromatic heterocycles. The fourth-order valence-corrected chi connectivity index (χ4v) is 5.99. The standard InChI is InChI=1S/C21H26N2O5S2/c1-2-10-30(27,28)23-8-7-15-5-6-18(11-17(15)14-23)22-20(24)12-16(13-21(25)26)19-4-3-9-29-19/h3-6,9,11,16H,2,7-8,10,12-14H2,1H3,(H,22,24)(H,25,26). The molecule has 7 nitrogen and oxygen atoms in total. The zero-order chi connectivity index (χ0) is 21.7. The van der Waals surface area contributed by atoms with Crippen molar-refractivity contribution in [1.82, 2.24) is 4.31 Å². The van der Waals surface area contributed by atoms with Crippen LogP contribution in [-0.2, 0) is 32.6 Å². The number of carbonyl (C=O) groups excluding carboxylic acids is 1. The fourth-order valence-electron chi connectivity index (χ4n) is 3.68. The van der Waals surface area contributed by atoms with E-state index in [2.05, 4.69) is 5.32 Å². The Morgan fingerprint density at radius 1 is 1.23 bits per heavy atom. The predicted molar refractivity (Wildman–Crippen MR) is 117 cm³/mol. The van der Waals surface area contributed by atoms with Crippen LogP contribution in [0, 0.1) is 0 Å². The van der Waals surface area contributed by atoms with Crippen LogP contribution in [0.5, 0.6) is 0 Å². The van der Waals surface area contributed by atoms with Gasteiger partial charge in [0.25, 0.3) is 0 Å². The molecule has 0 saturated carbocycles. The molecular formula is C21H26N2O5S2. The summed E-state index contributed by atoms with van der Waals surface area (Å²) >= 11 is 1.44. The van der Waals surface area contributed by atoms with Crippen molar-refractivity contribution in [2.75, 3.05) is 17.6 Å². The van der Waals surface area contributed by atoms with Crippen molar-refractivity contribution < 1.29 is 23.1 Å². The summed E-state index contributed by atoms with van der Waals surface area (Å²) in [6, 6.07) is 9.23. The van der Waals surface area contributed by atoms with E-state index in [-0.39, 0.29) is 30.4 Å². The van der Waals surface area contributed by atoms with E-state index >= 15 is 0 Å². The van der Waals surface area contributed by atoms with Gasteiger partial charge in [0, 0.05) is 36.0 Å². The lowest BCUT2D eigenvalue weighted by Crippen LogP contribution is -2.37. The number of rotatable bonds is 9. The van der Waals surface area contributed by atoms with Crippen LogP contribution in [0.15, 0.2) is 35.7 Å². The molecule has 0 saturated heterocycles. The second-order valence-corrected chi connectivity index (χ2v) is 10.5. The molecule has 0 spiro atoms. The molecule has 30 heavy (non-hydrogen) atoms. The molecule has 0 bridgehead atoms. The van der Waals surface area contributed by atoms with Crippen molar-refractivity contribution >= 4 is 38.9 Å². The first-order chi connectivity index (χ1) is 14.3. The number of carboxylic acid groups (broad SMARTS) is 1. The summed E-state index contributed by atoms with van der Waals surface area (Å²) in [6.07, 6.45) is 1.18. The Morgan fingerprint density at radius 2 is 2.03 bits per heavy atom. The second kappa shape index (κ2) is 9.72. The molecule has 1 aromatic carbocycles. The van der Waals surface area contributed by atoms with Gasteiger partial charge in [-0.05, 0) is 47.5 Å². The molecule has 2 N–H and O–H groups in total. The van der Waals surface area contributed by atoms with Gasteiger partial charge in [-0.3, -0.25) is 9.59 Å². The third-order valence-corrected chi connectivity index (χ3v) is 8.18. The zero-order valence-electron chi connectivity index (χ0n) is 16.8. The van der Waals surface area contributed by atoms with Crippen LogP contribution in [-0.4, -0.2) is 42.0 Å². The molecule has 162 valence electrons. The minimum atomic E-state index is -3.27. The SMILES string of the molecule is CCCS(=O)(=O)N1CCc2ccc(NC(=O)CC(CC(=O)O)c3cccs3)cc2C1. The Kier molecular flexibility index (Phi) is 7.27. The average Bonchev–Trinajstić information content (AvgIpc) is 3.21. The Labute approximate surface area is 180 Å². The van der Waals surface area contributed by atoms with Crippen LogP contribution in [0.3, 0.4) is 0 Å². The number of carboxylic acids is 1. The van der Waals surface area contributed by atoms with Crippen molar-refractivity contribution in [3.8, 4) is 0 Å². The highest BCUT2D eigenvalue weighted by atomic mass is 32.2. The molecule has 9 heteroatoms. The molecule has 1 aliphatic heterocycles. The largest absolute Gasteiger partial charge is 0.481 e. The molecule has 1 unspecified atom stereocenters. The van der Waals surface area contributed by atoms with Crippen molar-refractivity contribution in [2.45, 2.75) is 45.1 Å². The Hall–Kier alpha value is -2.23. The number of benzene rings is 1. The highest BCUT2D eigenvalue weighted by molar-refractivity contribution is 7.89. The number of carbonyl (C=O) groups is 2. The highest BCUT2D eigenvalue weighted by Crippen LogP contribution is 2.29. The summed E-state index contributed by atoms with van der Waals surface area (Å²) in [5.74, 6) is -1.45. The topological polar surface area (TPSA) is 104 Å². The highest BCUT2D eigenvalue weighted by Gasteiger charge is 2.26. The number of nitrogens with zero attached hydrogens (tertiary/aromatic N) is 1. The van der Waals surface area contributed by atoms with Crippen LogP contribution in [0.1, 0.15) is 48.1 Å². The number of hydrogen-bond acceptors (Lipinski definition) is 5. The smallest absolute Gasteiger partial charge is 0.304 e. The monoisotopic (exact) mass is 450 g/mol. The average molecular weight is 451 g/mol. The van der Waals surface area contributed by atoms with E-state index in [1.807, 2.05) is 42.6 Å². The van der Waals surface area contributed by atoms with Gasteiger partial charge in [-0.2, -0.15) is 4.31 Å². The van der Waals surface area contributed by atoms with Crippen molar-refractivity contribution in [3.05, 3.63) is 51.7 Å². The van der Waals surface area contributed by atoms with Crippen LogP contribution in [0.2, 0.25) is 0 Å². The van der Waals surface area contributed by atoms with Gasteiger partial charge in [0.1, 0.15) is 0 Å². The molecule has 1 aliphatic rings. The lowest BCUT2D eigenvalue weighted by atomic mass is 9.98. The van der Waals surface area contributed by atoms with Crippen molar-refractivity contribution in [2.24, 2.45) is 0 Å². The summed E-state index contributed by atoms with van der Waals surface area (Å²) in [5.41, 5.74) is 2.56. The second-order valence-electron chi connectivity index (χ2n) is 7.45. The van der Waals surface area contributed by atoms with E-state index in [1.54, 1.807) is 0 Å². The molecule has 3 rings (SSSR count). The van der Waals surface area contributed by atoms with Crippen molar-refractivity contribution in [1.29, 1.82) is 0 Å². The molecular weight excluding hydrogens is 424 g/mol. The number of nitrogens with one attached hydrogen (secondary N) is 1. The third-order valence-electron chi connectivity index (χ3n) is 5.12. The summed E-state index contributed by atoms with van der Waals surface area (Å²) < 4.78 is 26.3. The normalized spacial score (nSPS) is 15.4. The maximum atomic E-state index is 12.6. The summed E-state index contributed by atoms with van der Waals surface area (Å²) in [5, 5.41) is 13.9. The van der Waals surface area contributed by atoms with Gasteiger partial charge in [-0.1, -0.05) is 19.1 Å². The van der Waals surface area contributed by atoms with E-state index in [9.17, 15) is 18.0 Å². The van der Waals surface area contributed by atoms with E-state index in [1.165, 1.54) is 15.6 Å². The van der Waals surface area contributed by atoms with E-state index in [0.717, 1.165) is 16.0 Å². The molecule has 2 aromatic rings. The number of anilines is 1. The summed E-state index contributed by atoms with van der Waals surface area (Å²) in [4.78, 5) is 24.6. The minimum Gasteiger partial charge on any atom is -0.481 e. The molecule has 2 heterocycles. The van der Waals surface area contributed by atoms with Crippen LogP contribution >= 0.6 is 11.3 Å². The van der Waals surface area contributed by atoms with Gasteiger partial charge in [0.15, 0.2) is 0 Å². The number of aliphatic carboxylic acids is 1. The molecule has 1 atom stereocenters. The third kappa shape index (κ3) is 5.68. The minimum absolute atomic E-state index is 0.0703. The lowest BCUT2D eigenvalue weighted by molar-refractivity contribution is -0.137. The first kappa shape index (κ1) is 22.5. The van der Waals surface area contributed by atoms with Gasteiger partial charge < -0.3 is 10.4 Å². The molecule has 0 fully saturated rings. The van der Waals surface area contributed by atoms with E-state index < -0.39 is 16.0 Å². The number of fused-ring (bicyclic) bond motifs is 1. The van der Waals surface area contributed by atoms with Gasteiger partial charge in [0.05, 0.1) is 12.2 Å². The van der Waals surface area contributed by atoms with Crippen LogP contribution in [0.4, 0.5) is 5.69 Å². The number of thiophene rings is 1. The van der Waals surface area contributed by atoms with Crippen LogP contribution in [0.25, 0.3) is 0 Å². The Balaban J connectivity index is 1.69. The van der Waals surface area contributed by atoms with Gasteiger partial charge in [-0.25, -0.2) is 8.42 Å². The van der Waals surface area contributed by atoms with E-state index in [0.29, 0.717) is 31.6 Å². The fraction of sp³-hybridized carbons (Fsp3) is 0.429. The number of sulfonamides is 1. The maximum Gasteiger partial charge on any atom is 0.304 e. The molecule has 0 aliphatic carbocycles.